The summed E-state index contributed by atoms with van der Waals surface area (Å²) in [6.45, 7) is -0.312. The Hall–Kier alpha value is -3.00. The number of para-hydroxylation sites is 1. The quantitative estimate of drug-likeness (QED) is 0.508. The zero-order chi connectivity index (χ0) is 20.3. The van der Waals surface area contributed by atoms with E-state index in [4.69, 9.17) is 4.42 Å². The molecule has 0 radical (unpaired) electrons. The molecule has 28 heavy (non-hydrogen) atoms. The molecule has 1 heterocycles. The Bertz CT molecular complexity index is 1050. The molecule has 146 valence electrons. The fourth-order valence-corrected chi connectivity index (χ4v) is 2.93. The van der Waals surface area contributed by atoms with E-state index in [1.807, 2.05) is 18.2 Å². The van der Waals surface area contributed by atoms with Crippen molar-refractivity contribution in [1.29, 1.82) is 0 Å². The highest BCUT2D eigenvalue weighted by atomic mass is 16.3. The average molecular weight is 383 g/mol. The maximum absolute atomic E-state index is 12.8. The van der Waals surface area contributed by atoms with Gasteiger partial charge >= 0.3 is 0 Å². The summed E-state index contributed by atoms with van der Waals surface area (Å²) in [7, 11) is 0. The first kappa shape index (κ1) is 19.8. The molecule has 7 heteroatoms. The molecule has 0 spiro atoms. The molecule has 0 fully saturated rings. The SMILES string of the molecule is Cc1c(-c2ccccc2)oc2c(C(=O)NC(CO)(CO)CO)cccc2c1=O. The zero-order valence-electron chi connectivity index (χ0n) is 15.3. The number of hydrogen-bond donors (Lipinski definition) is 4. The van der Waals surface area contributed by atoms with Gasteiger partial charge in [-0.1, -0.05) is 36.4 Å². The maximum Gasteiger partial charge on any atom is 0.255 e. The number of nitrogens with one attached hydrogen (secondary N) is 1. The van der Waals surface area contributed by atoms with Crippen LogP contribution in [-0.4, -0.2) is 46.6 Å². The first-order chi connectivity index (χ1) is 13.5. The van der Waals surface area contributed by atoms with Gasteiger partial charge in [0, 0.05) is 11.1 Å². The molecule has 0 aliphatic carbocycles. The summed E-state index contributed by atoms with van der Waals surface area (Å²) in [5.41, 5.74) is -0.570. The molecule has 7 nitrogen and oxygen atoms in total. The number of rotatable bonds is 6. The Morgan fingerprint density at radius 1 is 1.00 bits per heavy atom. The molecule has 0 unspecified atom stereocenters. The van der Waals surface area contributed by atoms with Crippen molar-refractivity contribution < 1.29 is 24.5 Å². The van der Waals surface area contributed by atoms with Crippen LogP contribution in [0.5, 0.6) is 0 Å². The third-order valence-electron chi connectivity index (χ3n) is 4.71. The molecule has 1 amide bonds. The number of carbonyl (C=O) groups is 1. The minimum atomic E-state index is -1.59. The van der Waals surface area contributed by atoms with Crippen LogP contribution in [0.4, 0.5) is 0 Å². The van der Waals surface area contributed by atoms with E-state index in [9.17, 15) is 24.9 Å². The highest BCUT2D eigenvalue weighted by Crippen LogP contribution is 2.27. The lowest BCUT2D eigenvalue weighted by Crippen LogP contribution is -2.57. The Morgan fingerprint density at radius 2 is 1.64 bits per heavy atom. The highest BCUT2D eigenvalue weighted by Gasteiger charge is 2.31. The number of amides is 1. The van der Waals surface area contributed by atoms with E-state index in [1.165, 1.54) is 6.07 Å². The topological polar surface area (TPSA) is 120 Å². The van der Waals surface area contributed by atoms with Crippen LogP contribution in [-0.2, 0) is 0 Å². The average Bonchev–Trinajstić information content (AvgIpc) is 2.74. The number of fused-ring (bicyclic) bond motifs is 1. The number of hydrogen-bond acceptors (Lipinski definition) is 6. The molecule has 2 aromatic carbocycles. The number of aliphatic hydroxyl groups excluding tert-OH is 3. The normalized spacial score (nSPS) is 11.6. The lowest BCUT2D eigenvalue weighted by atomic mass is 10.0. The third-order valence-corrected chi connectivity index (χ3v) is 4.71. The molecule has 3 aromatic rings. The van der Waals surface area contributed by atoms with Gasteiger partial charge in [0.2, 0.25) is 0 Å². The first-order valence-electron chi connectivity index (χ1n) is 8.73. The Kier molecular flexibility index (Phi) is 5.60. The van der Waals surface area contributed by atoms with Crippen LogP contribution in [0.2, 0.25) is 0 Å². The minimum absolute atomic E-state index is 0.0616. The third kappa shape index (κ3) is 3.43. The number of benzene rings is 2. The van der Waals surface area contributed by atoms with Crippen molar-refractivity contribution in [1.82, 2.24) is 5.32 Å². The van der Waals surface area contributed by atoms with Crippen molar-refractivity contribution in [3.05, 3.63) is 69.9 Å². The van der Waals surface area contributed by atoms with Crippen molar-refractivity contribution in [2.75, 3.05) is 19.8 Å². The first-order valence-corrected chi connectivity index (χ1v) is 8.73. The van der Waals surface area contributed by atoms with Crippen molar-refractivity contribution >= 4 is 16.9 Å². The van der Waals surface area contributed by atoms with Gasteiger partial charge in [-0.25, -0.2) is 0 Å². The van der Waals surface area contributed by atoms with Gasteiger partial charge in [-0.05, 0) is 19.1 Å². The Morgan fingerprint density at radius 3 is 2.25 bits per heavy atom. The van der Waals surface area contributed by atoms with Gasteiger partial charge in [0.1, 0.15) is 11.3 Å². The molecule has 0 saturated carbocycles. The van der Waals surface area contributed by atoms with E-state index in [2.05, 4.69) is 5.32 Å². The molecular formula is C21H21NO6. The summed E-state index contributed by atoms with van der Waals surface area (Å²) in [6, 6.07) is 13.7. The standard InChI is InChI=1S/C21H21NO6/c1-13-17(26)15-8-5-9-16(20(27)22-21(10-23,11-24)12-25)19(15)28-18(13)14-6-3-2-4-7-14/h2-9,23-25H,10-12H2,1H3,(H,22,27). The molecule has 0 bridgehead atoms. The predicted octanol–water partition coefficient (Wildman–Crippen LogP) is 1.21. The van der Waals surface area contributed by atoms with Gasteiger partial charge in [0.15, 0.2) is 11.0 Å². The van der Waals surface area contributed by atoms with Gasteiger partial charge < -0.3 is 25.1 Å². The van der Waals surface area contributed by atoms with Crippen molar-refractivity contribution in [2.45, 2.75) is 12.5 Å². The van der Waals surface area contributed by atoms with Gasteiger partial charge in [0.25, 0.3) is 5.91 Å². The van der Waals surface area contributed by atoms with E-state index in [0.717, 1.165) is 0 Å². The molecule has 0 saturated heterocycles. The van der Waals surface area contributed by atoms with Gasteiger partial charge in [0.05, 0.1) is 30.8 Å². The molecule has 4 N–H and O–H groups in total. The second kappa shape index (κ2) is 7.93. The van der Waals surface area contributed by atoms with Gasteiger partial charge in [-0.15, -0.1) is 0 Å². The van der Waals surface area contributed by atoms with E-state index >= 15 is 0 Å². The van der Waals surface area contributed by atoms with Crippen molar-refractivity contribution in [2.24, 2.45) is 0 Å². The summed E-state index contributed by atoms with van der Waals surface area (Å²) >= 11 is 0. The van der Waals surface area contributed by atoms with Crippen LogP contribution >= 0.6 is 0 Å². The fourth-order valence-electron chi connectivity index (χ4n) is 2.93. The Balaban J connectivity index is 2.18. The molecule has 0 atom stereocenters. The van der Waals surface area contributed by atoms with E-state index in [1.54, 1.807) is 31.2 Å². The van der Waals surface area contributed by atoms with Crippen LogP contribution in [0, 0.1) is 6.92 Å². The van der Waals surface area contributed by atoms with Crippen molar-refractivity contribution in [3.63, 3.8) is 0 Å². The fraction of sp³-hybridized carbons (Fsp3) is 0.238. The van der Waals surface area contributed by atoms with Crippen LogP contribution in [0.25, 0.3) is 22.3 Å². The van der Waals surface area contributed by atoms with Crippen LogP contribution < -0.4 is 10.7 Å². The molecule has 0 aliphatic heterocycles. The van der Waals surface area contributed by atoms with E-state index < -0.39 is 31.3 Å². The second-order valence-electron chi connectivity index (χ2n) is 6.64. The predicted molar refractivity (Wildman–Crippen MR) is 104 cm³/mol. The lowest BCUT2D eigenvalue weighted by molar-refractivity contribution is 0.0375. The second-order valence-corrected chi connectivity index (χ2v) is 6.64. The molecule has 3 rings (SSSR count). The maximum atomic E-state index is 12.8. The summed E-state index contributed by atoms with van der Waals surface area (Å²) in [5.74, 6) is -0.329. The van der Waals surface area contributed by atoms with E-state index in [0.29, 0.717) is 16.9 Å². The summed E-state index contributed by atoms with van der Waals surface area (Å²) in [6.07, 6.45) is 0. The largest absolute Gasteiger partial charge is 0.455 e. The van der Waals surface area contributed by atoms with Gasteiger partial charge in [-0.3, -0.25) is 9.59 Å². The van der Waals surface area contributed by atoms with Crippen LogP contribution in [0.15, 0.2) is 57.7 Å². The number of carbonyl (C=O) groups excluding carboxylic acids is 1. The highest BCUT2D eigenvalue weighted by molar-refractivity contribution is 6.05. The summed E-state index contributed by atoms with van der Waals surface area (Å²) in [5, 5.41) is 31.0. The van der Waals surface area contributed by atoms with Crippen LogP contribution in [0.1, 0.15) is 15.9 Å². The Labute approximate surface area is 160 Å². The zero-order valence-corrected chi connectivity index (χ0v) is 15.3. The molecule has 0 aliphatic rings. The summed E-state index contributed by atoms with van der Waals surface area (Å²) < 4.78 is 5.98. The lowest BCUT2D eigenvalue weighted by Gasteiger charge is -2.28. The van der Waals surface area contributed by atoms with Crippen LogP contribution in [0.3, 0.4) is 0 Å². The van der Waals surface area contributed by atoms with Gasteiger partial charge in [-0.2, -0.15) is 0 Å². The smallest absolute Gasteiger partial charge is 0.255 e. The molecule has 1 aromatic heterocycles. The summed E-state index contributed by atoms with van der Waals surface area (Å²) in [4.78, 5) is 25.6. The molecular weight excluding hydrogens is 362 g/mol. The minimum Gasteiger partial charge on any atom is -0.455 e. The number of aliphatic hydroxyl groups is 3. The monoisotopic (exact) mass is 383 g/mol. The van der Waals surface area contributed by atoms with E-state index in [-0.39, 0.29) is 22.0 Å². The van der Waals surface area contributed by atoms with Crippen molar-refractivity contribution in [3.8, 4) is 11.3 Å².